The lowest BCUT2D eigenvalue weighted by Gasteiger charge is -2.39. The molecule has 1 amide bonds. The van der Waals surface area contributed by atoms with Crippen molar-refractivity contribution in [1.82, 2.24) is 15.1 Å². The largest absolute Gasteiger partial charge is 0.377 e. The molecule has 94 valence electrons. The standard InChI is InChI=1S/C12H19N3O2/c1-9-10(7-13-14-9)11(16)15-6-4-5-12(2,8-15)17-3/h7H,4-6,8H2,1-3H3,(H,13,14). The molecular weight excluding hydrogens is 218 g/mol. The van der Waals surface area contributed by atoms with Crippen LogP contribution in [0.3, 0.4) is 0 Å². The fraction of sp³-hybridized carbons (Fsp3) is 0.667. The number of aromatic amines is 1. The Morgan fingerprint density at radius 1 is 1.65 bits per heavy atom. The topological polar surface area (TPSA) is 58.2 Å². The fourth-order valence-corrected chi connectivity index (χ4v) is 2.28. The highest BCUT2D eigenvalue weighted by Crippen LogP contribution is 2.25. The lowest BCUT2D eigenvalue weighted by Crippen LogP contribution is -2.49. The Kier molecular flexibility index (Phi) is 3.19. The molecule has 1 aromatic rings. The van der Waals surface area contributed by atoms with Crippen LogP contribution in [0, 0.1) is 6.92 Å². The number of aromatic nitrogens is 2. The second kappa shape index (κ2) is 4.49. The number of hydrogen-bond acceptors (Lipinski definition) is 3. The van der Waals surface area contributed by atoms with Gasteiger partial charge in [-0.3, -0.25) is 9.89 Å². The highest BCUT2D eigenvalue weighted by molar-refractivity contribution is 5.95. The summed E-state index contributed by atoms with van der Waals surface area (Å²) in [6.45, 7) is 5.35. The van der Waals surface area contributed by atoms with E-state index in [2.05, 4.69) is 17.1 Å². The molecule has 1 N–H and O–H groups in total. The van der Waals surface area contributed by atoms with Crippen LogP contribution in [0.4, 0.5) is 0 Å². The summed E-state index contributed by atoms with van der Waals surface area (Å²) < 4.78 is 5.49. The fourth-order valence-electron chi connectivity index (χ4n) is 2.28. The van der Waals surface area contributed by atoms with Crippen molar-refractivity contribution in [3.8, 4) is 0 Å². The maximum Gasteiger partial charge on any atom is 0.257 e. The van der Waals surface area contributed by atoms with Crippen LogP contribution >= 0.6 is 0 Å². The number of rotatable bonds is 2. The van der Waals surface area contributed by atoms with Crippen LogP contribution < -0.4 is 0 Å². The number of nitrogens with zero attached hydrogens (tertiary/aromatic N) is 2. The Hall–Kier alpha value is -1.36. The molecule has 1 aromatic heterocycles. The first-order valence-corrected chi connectivity index (χ1v) is 5.90. The Morgan fingerprint density at radius 3 is 3.00 bits per heavy atom. The first kappa shape index (κ1) is 12.1. The molecule has 0 saturated carbocycles. The van der Waals surface area contributed by atoms with Crippen LogP contribution in [0.1, 0.15) is 35.8 Å². The van der Waals surface area contributed by atoms with Gasteiger partial charge >= 0.3 is 0 Å². The Bertz CT molecular complexity index is 416. The molecule has 17 heavy (non-hydrogen) atoms. The predicted octanol–water partition coefficient (Wildman–Crippen LogP) is 1.36. The van der Waals surface area contributed by atoms with Gasteiger partial charge in [0.15, 0.2) is 0 Å². The zero-order chi connectivity index (χ0) is 12.5. The third-order valence-electron chi connectivity index (χ3n) is 3.50. The van der Waals surface area contributed by atoms with Gasteiger partial charge in [0.25, 0.3) is 5.91 Å². The lowest BCUT2D eigenvalue weighted by molar-refractivity contribution is -0.0440. The normalized spacial score (nSPS) is 25.0. The van der Waals surface area contributed by atoms with Crippen LogP contribution in [0.25, 0.3) is 0 Å². The number of hydrogen-bond donors (Lipinski definition) is 1. The molecule has 2 heterocycles. The third kappa shape index (κ3) is 2.34. The minimum Gasteiger partial charge on any atom is -0.377 e. The number of carbonyl (C=O) groups is 1. The Morgan fingerprint density at radius 2 is 2.41 bits per heavy atom. The summed E-state index contributed by atoms with van der Waals surface area (Å²) in [5.74, 6) is 0.0409. The van der Waals surface area contributed by atoms with Crippen molar-refractivity contribution in [3.05, 3.63) is 17.5 Å². The van der Waals surface area contributed by atoms with Gasteiger partial charge in [-0.25, -0.2) is 0 Å². The van der Waals surface area contributed by atoms with Gasteiger partial charge in [0, 0.05) is 25.9 Å². The molecular formula is C12H19N3O2. The number of piperidine rings is 1. The predicted molar refractivity (Wildman–Crippen MR) is 63.9 cm³/mol. The average Bonchev–Trinajstić information content (AvgIpc) is 2.75. The van der Waals surface area contributed by atoms with E-state index in [4.69, 9.17) is 4.74 Å². The zero-order valence-electron chi connectivity index (χ0n) is 10.6. The maximum absolute atomic E-state index is 12.3. The highest BCUT2D eigenvalue weighted by Gasteiger charge is 2.33. The smallest absolute Gasteiger partial charge is 0.257 e. The molecule has 0 spiro atoms. The van der Waals surface area contributed by atoms with E-state index in [1.54, 1.807) is 13.3 Å². The van der Waals surface area contributed by atoms with E-state index < -0.39 is 0 Å². The lowest BCUT2D eigenvalue weighted by atomic mass is 9.94. The molecule has 1 atom stereocenters. The summed E-state index contributed by atoms with van der Waals surface area (Å²) in [7, 11) is 1.71. The number of ether oxygens (including phenoxy) is 1. The minimum absolute atomic E-state index is 0.0409. The van der Waals surface area contributed by atoms with E-state index in [0.717, 1.165) is 25.1 Å². The molecule has 1 saturated heterocycles. The van der Waals surface area contributed by atoms with Crippen molar-refractivity contribution in [2.24, 2.45) is 0 Å². The second-order valence-electron chi connectivity index (χ2n) is 4.89. The summed E-state index contributed by atoms with van der Waals surface area (Å²) in [5, 5.41) is 6.68. The Labute approximate surface area is 101 Å². The number of nitrogens with one attached hydrogen (secondary N) is 1. The van der Waals surface area contributed by atoms with E-state index in [-0.39, 0.29) is 11.5 Å². The van der Waals surface area contributed by atoms with Crippen LogP contribution in [0.15, 0.2) is 6.20 Å². The molecule has 0 bridgehead atoms. The van der Waals surface area contributed by atoms with Crippen molar-refractivity contribution in [1.29, 1.82) is 0 Å². The second-order valence-corrected chi connectivity index (χ2v) is 4.89. The van der Waals surface area contributed by atoms with Crippen molar-refractivity contribution >= 4 is 5.91 Å². The van der Waals surface area contributed by atoms with Gasteiger partial charge in [-0.15, -0.1) is 0 Å². The molecule has 5 nitrogen and oxygen atoms in total. The van der Waals surface area contributed by atoms with E-state index in [9.17, 15) is 4.79 Å². The molecule has 2 rings (SSSR count). The van der Waals surface area contributed by atoms with Crippen LogP contribution in [0.5, 0.6) is 0 Å². The van der Waals surface area contributed by atoms with Crippen molar-refractivity contribution in [3.63, 3.8) is 0 Å². The van der Waals surface area contributed by atoms with Gasteiger partial charge in [0.1, 0.15) is 0 Å². The molecule has 1 fully saturated rings. The summed E-state index contributed by atoms with van der Waals surface area (Å²) in [6.07, 6.45) is 3.57. The maximum atomic E-state index is 12.3. The SMILES string of the molecule is COC1(C)CCCN(C(=O)c2cn[nH]c2C)C1. The van der Waals surface area contributed by atoms with Gasteiger partial charge < -0.3 is 9.64 Å². The first-order chi connectivity index (χ1) is 8.06. The quantitative estimate of drug-likeness (QED) is 0.845. The van der Waals surface area contributed by atoms with E-state index in [0.29, 0.717) is 12.1 Å². The molecule has 5 heteroatoms. The van der Waals surface area contributed by atoms with Crippen LogP contribution in [-0.4, -0.2) is 46.8 Å². The van der Waals surface area contributed by atoms with Gasteiger partial charge in [-0.1, -0.05) is 0 Å². The van der Waals surface area contributed by atoms with Gasteiger partial charge in [0.05, 0.1) is 17.4 Å². The van der Waals surface area contributed by atoms with Crippen molar-refractivity contribution < 1.29 is 9.53 Å². The number of aryl methyl sites for hydroxylation is 1. The zero-order valence-corrected chi connectivity index (χ0v) is 10.6. The number of H-pyrrole nitrogens is 1. The molecule has 0 radical (unpaired) electrons. The van der Waals surface area contributed by atoms with Crippen molar-refractivity contribution in [2.45, 2.75) is 32.3 Å². The van der Waals surface area contributed by atoms with Crippen molar-refractivity contribution in [2.75, 3.05) is 20.2 Å². The van der Waals surface area contributed by atoms with Gasteiger partial charge in [-0.05, 0) is 26.7 Å². The molecule has 1 aliphatic heterocycles. The van der Waals surface area contributed by atoms with Gasteiger partial charge in [-0.2, -0.15) is 5.10 Å². The number of methoxy groups -OCH3 is 1. The number of carbonyl (C=O) groups excluding carboxylic acids is 1. The summed E-state index contributed by atoms with van der Waals surface area (Å²) in [5.41, 5.74) is 1.26. The highest BCUT2D eigenvalue weighted by atomic mass is 16.5. The van der Waals surface area contributed by atoms with E-state index in [1.807, 2.05) is 11.8 Å². The van der Waals surface area contributed by atoms with Crippen LogP contribution in [0.2, 0.25) is 0 Å². The third-order valence-corrected chi connectivity index (χ3v) is 3.50. The van der Waals surface area contributed by atoms with E-state index >= 15 is 0 Å². The molecule has 0 aliphatic carbocycles. The monoisotopic (exact) mass is 237 g/mol. The summed E-state index contributed by atoms with van der Waals surface area (Å²) in [4.78, 5) is 14.1. The Balaban J connectivity index is 2.13. The molecule has 1 unspecified atom stereocenters. The summed E-state index contributed by atoms with van der Waals surface area (Å²) >= 11 is 0. The first-order valence-electron chi connectivity index (χ1n) is 5.90. The molecule has 1 aliphatic rings. The van der Waals surface area contributed by atoms with Crippen LogP contribution in [-0.2, 0) is 4.74 Å². The average molecular weight is 237 g/mol. The number of amides is 1. The number of likely N-dealkylation sites (tertiary alicyclic amines) is 1. The van der Waals surface area contributed by atoms with Gasteiger partial charge in [0.2, 0.25) is 0 Å². The minimum atomic E-state index is -0.217. The summed E-state index contributed by atoms with van der Waals surface area (Å²) in [6, 6.07) is 0. The van der Waals surface area contributed by atoms with E-state index in [1.165, 1.54) is 0 Å². The molecule has 0 aromatic carbocycles.